The summed E-state index contributed by atoms with van der Waals surface area (Å²) in [5, 5.41) is 4.65. The van der Waals surface area contributed by atoms with Crippen LogP contribution in [0.2, 0.25) is 0 Å². The third-order valence-electron chi connectivity index (χ3n) is 6.19. The molecule has 3 aromatic rings. The van der Waals surface area contributed by atoms with E-state index in [1.54, 1.807) is 22.7 Å². The number of rotatable bonds is 3. The zero-order chi connectivity index (χ0) is 20.8. The van der Waals surface area contributed by atoms with Crippen molar-refractivity contribution < 1.29 is 9.18 Å². The Balaban J connectivity index is 1.58. The van der Waals surface area contributed by atoms with Crippen molar-refractivity contribution in [3.63, 3.8) is 0 Å². The van der Waals surface area contributed by atoms with Crippen LogP contribution in [-0.2, 0) is 0 Å². The van der Waals surface area contributed by atoms with E-state index in [2.05, 4.69) is 32.9 Å². The Hall–Kier alpha value is -2.28. The Kier molecular flexibility index (Phi) is 5.09. The van der Waals surface area contributed by atoms with Gasteiger partial charge in [-0.25, -0.2) is 13.9 Å². The van der Waals surface area contributed by atoms with Crippen molar-refractivity contribution in [2.24, 2.45) is 0 Å². The summed E-state index contributed by atoms with van der Waals surface area (Å²) >= 11 is 3.30. The minimum Gasteiger partial charge on any atom is -0.335 e. The summed E-state index contributed by atoms with van der Waals surface area (Å²) in [4.78, 5) is 20.0. The Morgan fingerprint density at radius 3 is 2.73 bits per heavy atom. The standard InChI is InChI=1S/C23H24BrFN4O/c1-14-5-3-2-4-10-28(14)23(30)20-12-21(15-6-7-15)29-22(26-20)13-19(27-29)17-9-8-16(24)11-18(17)25/h8-9,11-15H,2-7,10H2,1H3/t14-/m1/s1. The minimum atomic E-state index is -0.338. The van der Waals surface area contributed by atoms with E-state index in [-0.39, 0.29) is 17.8 Å². The zero-order valence-electron chi connectivity index (χ0n) is 16.9. The highest BCUT2D eigenvalue weighted by molar-refractivity contribution is 9.10. The Labute approximate surface area is 183 Å². The molecule has 1 amide bonds. The average molecular weight is 471 g/mol. The van der Waals surface area contributed by atoms with Crippen LogP contribution in [0.3, 0.4) is 0 Å². The lowest BCUT2D eigenvalue weighted by molar-refractivity contribution is 0.0692. The molecule has 1 atom stereocenters. The average Bonchev–Trinajstić information content (AvgIpc) is 3.50. The van der Waals surface area contributed by atoms with Gasteiger partial charge in [0.25, 0.3) is 5.91 Å². The quantitative estimate of drug-likeness (QED) is 0.501. The number of aromatic nitrogens is 3. The van der Waals surface area contributed by atoms with Crippen LogP contribution >= 0.6 is 15.9 Å². The molecule has 2 fully saturated rings. The van der Waals surface area contributed by atoms with Gasteiger partial charge in [-0.1, -0.05) is 28.8 Å². The molecule has 3 heterocycles. The lowest BCUT2D eigenvalue weighted by Crippen LogP contribution is -2.38. The van der Waals surface area contributed by atoms with Gasteiger partial charge in [0.2, 0.25) is 0 Å². The Morgan fingerprint density at radius 1 is 1.13 bits per heavy atom. The van der Waals surface area contributed by atoms with Gasteiger partial charge < -0.3 is 4.90 Å². The molecule has 0 unspecified atom stereocenters. The zero-order valence-corrected chi connectivity index (χ0v) is 18.5. The van der Waals surface area contributed by atoms with E-state index in [1.807, 2.05) is 11.0 Å². The van der Waals surface area contributed by atoms with Gasteiger partial charge in [0.05, 0.1) is 5.69 Å². The van der Waals surface area contributed by atoms with Crippen LogP contribution in [0.25, 0.3) is 16.9 Å². The first-order chi connectivity index (χ1) is 14.5. The molecule has 30 heavy (non-hydrogen) atoms. The number of fused-ring (bicyclic) bond motifs is 1. The highest BCUT2D eigenvalue weighted by Crippen LogP contribution is 2.40. The predicted molar refractivity (Wildman–Crippen MR) is 117 cm³/mol. The summed E-state index contributed by atoms with van der Waals surface area (Å²) in [7, 11) is 0. The van der Waals surface area contributed by atoms with E-state index in [0.717, 1.165) is 44.3 Å². The molecular weight excluding hydrogens is 447 g/mol. The molecule has 1 saturated carbocycles. The maximum atomic E-state index is 14.5. The lowest BCUT2D eigenvalue weighted by Gasteiger charge is -2.27. The van der Waals surface area contributed by atoms with Gasteiger partial charge in [0.15, 0.2) is 5.65 Å². The molecule has 2 aromatic heterocycles. The topological polar surface area (TPSA) is 50.5 Å². The highest BCUT2D eigenvalue weighted by atomic mass is 79.9. The number of amides is 1. The summed E-state index contributed by atoms with van der Waals surface area (Å²) in [5.74, 6) is 0.0351. The fraction of sp³-hybridized carbons (Fsp3) is 0.435. The number of likely N-dealkylation sites (tertiary alicyclic amines) is 1. The first kappa shape index (κ1) is 19.7. The number of carbonyl (C=O) groups excluding carboxylic acids is 1. The van der Waals surface area contributed by atoms with Gasteiger partial charge >= 0.3 is 0 Å². The molecule has 7 heteroatoms. The van der Waals surface area contributed by atoms with Crippen molar-refractivity contribution in [1.29, 1.82) is 0 Å². The normalized spacial score (nSPS) is 19.8. The monoisotopic (exact) mass is 470 g/mol. The molecule has 0 N–H and O–H groups in total. The molecule has 1 saturated heterocycles. The van der Waals surface area contributed by atoms with Crippen LogP contribution in [0, 0.1) is 5.82 Å². The fourth-order valence-electron chi connectivity index (χ4n) is 4.33. The van der Waals surface area contributed by atoms with Crippen molar-refractivity contribution >= 4 is 27.5 Å². The molecule has 5 rings (SSSR count). The molecule has 156 valence electrons. The molecule has 0 bridgehead atoms. The van der Waals surface area contributed by atoms with Crippen LogP contribution in [-0.4, -0.2) is 38.0 Å². The molecule has 2 aliphatic rings. The molecule has 0 radical (unpaired) electrons. The van der Waals surface area contributed by atoms with E-state index >= 15 is 0 Å². The second kappa shape index (κ2) is 7.76. The smallest absolute Gasteiger partial charge is 0.272 e. The van der Waals surface area contributed by atoms with Crippen LogP contribution in [0.1, 0.15) is 67.5 Å². The van der Waals surface area contributed by atoms with Gasteiger partial charge in [-0.2, -0.15) is 5.10 Å². The number of hydrogen-bond donors (Lipinski definition) is 0. The number of nitrogens with zero attached hydrogens (tertiary/aromatic N) is 4. The largest absolute Gasteiger partial charge is 0.335 e. The number of benzene rings is 1. The van der Waals surface area contributed by atoms with Crippen molar-refractivity contribution in [2.75, 3.05) is 6.54 Å². The van der Waals surface area contributed by atoms with Gasteiger partial charge in [-0.15, -0.1) is 0 Å². The third-order valence-corrected chi connectivity index (χ3v) is 6.68. The maximum absolute atomic E-state index is 14.5. The first-order valence-electron chi connectivity index (χ1n) is 10.7. The molecule has 0 spiro atoms. The van der Waals surface area contributed by atoms with E-state index in [0.29, 0.717) is 33.0 Å². The van der Waals surface area contributed by atoms with E-state index in [4.69, 9.17) is 0 Å². The predicted octanol–water partition coefficient (Wildman–Crippen LogP) is 5.58. The van der Waals surface area contributed by atoms with E-state index in [1.165, 1.54) is 12.5 Å². The summed E-state index contributed by atoms with van der Waals surface area (Å²) in [6.07, 6.45) is 6.55. The summed E-state index contributed by atoms with van der Waals surface area (Å²) in [5.41, 5.74) is 3.03. The number of carbonyl (C=O) groups is 1. The summed E-state index contributed by atoms with van der Waals surface area (Å²) < 4.78 is 17.0. The molecule has 1 aliphatic carbocycles. The highest BCUT2D eigenvalue weighted by Gasteiger charge is 2.31. The van der Waals surface area contributed by atoms with Gasteiger partial charge in [-0.05, 0) is 56.9 Å². The Morgan fingerprint density at radius 2 is 1.97 bits per heavy atom. The number of hydrogen-bond acceptors (Lipinski definition) is 3. The molecule has 1 aromatic carbocycles. The molecule has 1 aliphatic heterocycles. The van der Waals surface area contributed by atoms with Crippen LogP contribution < -0.4 is 0 Å². The second-order valence-corrected chi connectivity index (χ2v) is 9.38. The van der Waals surface area contributed by atoms with E-state index in [9.17, 15) is 9.18 Å². The first-order valence-corrected chi connectivity index (χ1v) is 11.5. The minimum absolute atomic E-state index is 0.00799. The Bertz CT molecular complexity index is 1120. The van der Waals surface area contributed by atoms with Crippen molar-refractivity contribution in [3.8, 4) is 11.3 Å². The van der Waals surface area contributed by atoms with Gasteiger partial charge in [-0.3, -0.25) is 4.79 Å². The van der Waals surface area contributed by atoms with Crippen molar-refractivity contribution in [3.05, 3.63) is 52.0 Å². The number of halogens is 2. The van der Waals surface area contributed by atoms with Crippen LogP contribution in [0.15, 0.2) is 34.8 Å². The van der Waals surface area contributed by atoms with Crippen LogP contribution in [0.5, 0.6) is 0 Å². The van der Waals surface area contributed by atoms with Crippen molar-refractivity contribution in [2.45, 2.75) is 57.4 Å². The van der Waals surface area contributed by atoms with Crippen LogP contribution in [0.4, 0.5) is 4.39 Å². The third kappa shape index (κ3) is 3.64. The van der Waals surface area contributed by atoms with E-state index < -0.39 is 0 Å². The van der Waals surface area contributed by atoms with Gasteiger partial charge in [0, 0.05) is 40.3 Å². The molecule has 5 nitrogen and oxygen atoms in total. The lowest BCUT2D eigenvalue weighted by atomic mass is 10.1. The summed E-state index contributed by atoms with van der Waals surface area (Å²) in [6, 6.07) is 8.85. The molecular formula is C23H24BrFN4O. The SMILES string of the molecule is C[C@@H]1CCCCCN1C(=O)c1cc(C2CC2)n2nc(-c3ccc(Br)cc3F)cc2n1. The van der Waals surface area contributed by atoms with Gasteiger partial charge in [0.1, 0.15) is 11.5 Å². The fourth-order valence-corrected chi connectivity index (χ4v) is 4.66. The maximum Gasteiger partial charge on any atom is 0.272 e. The summed E-state index contributed by atoms with van der Waals surface area (Å²) in [6.45, 7) is 2.90. The second-order valence-electron chi connectivity index (χ2n) is 8.46. The van der Waals surface area contributed by atoms with Crippen molar-refractivity contribution in [1.82, 2.24) is 19.5 Å².